The van der Waals surface area contributed by atoms with Crippen molar-refractivity contribution in [1.82, 2.24) is 4.90 Å². The summed E-state index contributed by atoms with van der Waals surface area (Å²) < 4.78 is 47.4. The second-order valence-corrected chi connectivity index (χ2v) is 6.08. The molecule has 0 aliphatic rings. The molecule has 0 aliphatic heterocycles. The van der Waals surface area contributed by atoms with E-state index >= 15 is 0 Å². The van der Waals surface area contributed by atoms with Crippen LogP contribution < -0.4 is 5.14 Å². The van der Waals surface area contributed by atoms with Crippen LogP contribution in [-0.2, 0) is 10.0 Å². The quantitative estimate of drug-likeness (QED) is 0.910. The summed E-state index contributed by atoms with van der Waals surface area (Å²) in [5, 5.41) is 5.06. The van der Waals surface area contributed by atoms with E-state index in [0.29, 0.717) is 11.1 Å². The predicted molar refractivity (Wildman–Crippen MR) is 70.3 cm³/mol. The number of amides is 1. The highest BCUT2D eigenvalue weighted by atomic mass is 32.2. The van der Waals surface area contributed by atoms with E-state index < -0.39 is 28.9 Å². The van der Waals surface area contributed by atoms with Gasteiger partial charge in [-0.1, -0.05) is 6.07 Å². The van der Waals surface area contributed by atoms with Gasteiger partial charge in [0.1, 0.15) is 0 Å². The molecule has 0 bridgehead atoms. The zero-order chi connectivity index (χ0) is 15.7. The largest absolute Gasteiger partial charge is 0.336 e. The Hall–Kier alpha value is -1.54. The molecule has 0 saturated heterocycles. The number of carbonyl (C=O) groups excluding carboxylic acids is 1. The summed E-state index contributed by atoms with van der Waals surface area (Å²) in [5.41, 5.74) is 0.946. The number of aryl methyl sites for hydroxylation is 2. The second-order valence-electron chi connectivity index (χ2n) is 4.55. The molecule has 1 rings (SSSR count). The molecular formula is C12H16F2N2O3S. The maximum absolute atomic E-state index is 12.3. The summed E-state index contributed by atoms with van der Waals surface area (Å²) in [5.74, 6) is -0.673. The monoisotopic (exact) mass is 306 g/mol. The molecule has 5 nitrogen and oxygen atoms in total. The van der Waals surface area contributed by atoms with E-state index in [9.17, 15) is 22.0 Å². The van der Waals surface area contributed by atoms with Crippen LogP contribution in [0.15, 0.2) is 17.0 Å². The van der Waals surface area contributed by atoms with E-state index in [1.54, 1.807) is 13.8 Å². The number of hydrogen-bond acceptors (Lipinski definition) is 3. The Kier molecular flexibility index (Phi) is 4.82. The van der Waals surface area contributed by atoms with Gasteiger partial charge in [0.15, 0.2) is 0 Å². The molecule has 1 aromatic carbocycles. The topological polar surface area (TPSA) is 80.5 Å². The normalized spacial score (nSPS) is 11.8. The highest BCUT2D eigenvalue weighted by molar-refractivity contribution is 7.89. The summed E-state index contributed by atoms with van der Waals surface area (Å²) in [6, 6.07) is 2.62. The minimum absolute atomic E-state index is 0.0442. The molecule has 0 unspecified atom stereocenters. The van der Waals surface area contributed by atoms with Crippen LogP contribution in [0.2, 0.25) is 0 Å². The standard InChI is InChI=1S/C12H16F2N2O3S/c1-7-4-8(2)10(20(15,18)19)5-9(7)12(17)16(3)6-11(13)14/h4-5,11H,6H2,1-3H3,(H2,15,18,19). The predicted octanol–water partition coefficient (Wildman–Crippen LogP) is 1.29. The summed E-state index contributed by atoms with van der Waals surface area (Å²) in [6.45, 7) is 2.42. The summed E-state index contributed by atoms with van der Waals surface area (Å²) in [4.78, 5) is 12.7. The maximum atomic E-state index is 12.3. The molecular weight excluding hydrogens is 290 g/mol. The molecule has 0 radical (unpaired) electrons. The highest BCUT2D eigenvalue weighted by Gasteiger charge is 2.21. The fraction of sp³-hybridized carbons (Fsp3) is 0.417. The molecule has 0 spiro atoms. The van der Waals surface area contributed by atoms with Gasteiger partial charge in [0, 0.05) is 12.6 Å². The molecule has 0 fully saturated rings. The first kappa shape index (κ1) is 16.5. The lowest BCUT2D eigenvalue weighted by molar-refractivity contribution is 0.0619. The molecule has 0 aliphatic carbocycles. The van der Waals surface area contributed by atoms with E-state index in [2.05, 4.69) is 0 Å². The molecule has 0 saturated carbocycles. The third kappa shape index (κ3) is 3.73. The highest BCUT2D eigenvalue weighted by Crippen LogP contribution is 2.20. The third-order valence-electron chi connectivity index (χ3n) is 2.82. The van der Waals surface area contributed by atoms with Crippen molar-refractivity contribution in [1.29, 1.82) is 0 Å². The van der Waals surface area contributed by atoms with Gasteiger partial charge in [0.05, 0.1) is 11.4 Å². The molecule has 0 atom stereocenters. The van der Waals surface area contributed by atoms with E-state index in [-0.39, 0.29) is 10.5 Å². The Balaban J connectivity index is 3.29. The van der Waals surface area contributed by atoms with Gasteiger partial charge < -0.3 is 4.90 Å². The van der Waals surface area contributed by atoms with Crippen LogP contribution in [0.25, 0.3) is 0 Å². The molecule has 0 aromatic heterocycles. The number of primary sulfonamides is 1. The number of rotatable bonds is 4. The Labute approximate surface area is 116 Å². The Morgan fingerprint density at radius 1 is 1.30 bits per heavy atom. The van der Waals surface area contributed by atoms with Crippen molar-refractivity contribution in [3.63, 3.8) is 0 Å². The molecule has 20 heavy (non-hydrogen) atoms. The summed E-state index contributed by atoms with van der Waals surface area (Å²) in [6.07, 6.45) is -2.66. The van der Waals surface area contributed by atoms with E-state index in [1.165, 1.54) is 13.1 Å². The first-order chi connectivity index (χ1) is 9.04. The number of carbonyl (C=O) groups is 1. The van der Waals surface area contributed by atoms with Crippen LogP contribution in [0.1, 0.15) is 21.5 Å². The molecule has 112 valence electrons. The van der Waals surface area contributed by atoms with Crippen LogP contribution in [0.4, 0.5) is 8.78 Å². The van der Waals surface area contributed by atoms with Crippen LogP contribution >= 0.6 is 0 Å². The Morgan fingerprint density at radius 3 is 2.30 bits per heavy atom. The SMILES string of the molecule is Cc1cc(C)c(S(N)(=O)=O)cc1C(=O)N(C)CC(F)F. The van der Waals surface area contributed by atoms with E-state index in [1.807, 2.05) is 0 Å². The number of benzene rings is 1. The van der Waals surface area contributed by atoms with Crippen LogP contribution in [0.5, 0.6) is 0 Å². The maximum Gasteiger partial charge on any atom is 0.255 e. The molecule has 2 N–H and O–H groups in total. The fourth-order valence-corrected chi connectivity index (χ4v) is 2.65. The zero-order valence-electron chi connectivity index (χ0n) is 11.4. The molecule has 0 heterocycles. The summed E-state index contributed by atoms with van der Waals surface area (Å²) >= 11 is 0. The average Bonchev–Trinajstić information content (AvgIpc) is 2.25. The van der Waals surface area contributed by atoms with Crippen molar-refractivity contribution in [3.05, 3.63) is 28.8 Å². The lowest BCUT2D eigenvalue weighted by atomic mass is 10.0. The first-order valence-electron chi connectivity index (χ1n) is 5.71. The van der Waals surface area contributed by atoms with Crippen molar-refractivity contribution in [2.45, 2.75) is 25.2 Å². The number of hydrogen-bond donors (Lipinski definition) is 1. The Bertz CT molecular complexity index is 630. The molecule has 8 heteroatoms. The van der Waals surface area contributed by atoms with Crippen molar-refractivity contribution >= 4 is 15.9 Å². The van der Waals surface area contributed by atoms with Gasteiger partial charge in [-0.3, -0.25) is 4.79 Å². The van der Waals surface area contributed by atoms with E-state index in [4.69, 9.17) is 5.14 Å². The van der Waals surface area contributed by atoms with Crippen molar-refractivity contribution in [2.75, 3.05) is 13.6 Å². The van der Waals surface area contributed by atoms with Gasteiger partial charge in [-0.15, -0.1) is 0 Å². The van der Waals surface area contributed by atoms with Crippen LogP contribution in [0.3, 0.4) is 0 Å². The van der Waals surface area contributed by atoms with Gasteiger partial charge in [0.25, 0.3) is 12.3 Å². The second kappa shape index (κ2) is 5.84. The molecule has 1 aromatic rings. The van der Waals surface area contributed by atoms with Crippen molar-refractivity contribution < 1.29 is 22.0 Å². The minimum atomic E-state index is -3.97. The third-order valence-corrected chi connectivity index (χ3v) is 3.87. The number of nitrogens with two attached hydrogens (primary N) is 1. The fourth-order valence-electron chi connectivity index (χ4n) is 1.86. The van der Waals surface area contributed by atoms with Crippen LogP contribution in [0, 0.1) is 13.8 Å². The first-order valence-corrected chi connectivity index (χ1v) is 7.26. The number of alkyl halides is 2. The van der Waals surface area contributed by atoms with Gasteiger partial charge in [0.2, 0.25) is 10.0 Å². The van der Waals surface area contributed by atoms with Gasteiger partial charge in [-0.2, -0.15) is 0 Å². The van der Waals surface area contributed by atoms with E-state index in [0.717, 1.165) is 11.0 Å². The molecule has 1 amide bonds. The number of sulfonamides is 1. The lowest BCUT2D eigenvalue weighted by Gasteiger charge is -2.19. The number of halogens is 2. The zero-order valence-corrected chi connectivity index (χ0v) is 12.2. The lowest BCUT2D eigenvalue weighted by Crippen LogP contribution is -2.32. The van der Waals surface area contributed by atoms with Gasteiger partial charge in [-0.05, 0) is 31.0 Å². The van der Waals surface area contributed by atoms with Crippen molar-refractivity contribution in [2.24, 2.45) is 5.14 Å². The minimum Gasteiger partial charge on any atom is -0.336 e. The average molecular weight is 306 g/mol. The van der Waals surface area contributed by atoms with Crippen molar-refractivity contribution in [3.8, 4) is 0 Å². The smallest absolute Gasteiger partial charge is 0.255 e. The summed E-state index contributed by atoms with van der Waals surface area (Å²) in [7, 11) is -2.75. The Morgan fingerprint density at radius 2 is 1.85 bits per heavy atom. The number of nitrogens with zero attached hydrogens (tertiary/aromatic N) is 1. The van der Waals surface area contributed by atoms with Gasteiger partial charge >= 0.3 is 0 Å². The van der Waals surface area contributed by atoms with Crippen LogP contribution in [-0.4, -0.2) is 39.2 Å². The van der Waals surface area contributed by atoms with Gasteiger partial charge in [-0.25, -0.2) is 22.3 Å².